The van der Waals surface area contributed by atoms with Crippen molar-refractivity contribution in [2.45, 2.75) is 13.0 Å². The van der Waals surface area contributed by atoms with E-state index in [1.807, 2.05) is 42.5 Å². The van der Waals surface area contributed by atoms with Gasteiger partial charge in [0.15, 0.2) is 5.76 Å². The molecule has 6 nitrogen and oxygen atoms in total. The number of hydrogen-bond acceptors (Lipinski definition) is 5. The van der Waals surface area contributed by atoms with Gasteiger partial charge in [0.2, 0.25) is 5.95 Å². The predicted molar refractivity (Wildman–Crippen MR) is 100.0 cm³/mol. The third kappa shape index (κ3) is 2.30. The molecule has 0 amide bonds. The number of aryl methyl sites for hydroxylation is 1. The van der Waals surface area contributed by atoms with Crippen LogP contribution in [0, 0.1) is 6.92 Å². The Labute approximate surface area is 154 Å². The van der Waals surface area contributed by atoms with Crippen LogP contribution in [0.5, 0.6) is 0 Å². The molecule has 0 aliphatic carbocycles. The zero-order valence-electron chi connectivity index (χ0n) is 13.8. The third-order valence-electron chi connectivity index (χ3n) is 4.63. The molecule has 0 unspecified atom stereocenters. The Balaban J connectivity index is 1.66. The molecule has 7 heteroatoms. The maximum Gasteiger partial charge on any atom is 0.248 e. The van der Waals surface area contributed by atoms with Crippen molar-refractivity contribution in [3.05, 3.63) is 76.5 Å². The minimum Gasteiger partial charge on any atom is -0.454 e. The minimum absolute atomic E-state index is 0.152. The second kappa shape index (κ2) is 5.71. The van der Waals surface area contributed by atoms with E-state index in [2.05, 4.69) is 39.9 Å². The second-order valence-electron chi connectivity index (χ2n) is 6.20. The molecule has 1 aliphatic rings. The minimum atomic E-state index is -0.152. The van der Waals surface area contributed by atoms with Gasteiger partial charge in [-0.1, -0.05) is 47.0 Å². The van der Waals surface area contributed by atoms with Gasteiger partial charge in [-0.15, -0.1) is 0 Å². The lowest BCUT2D eigenvalue weighted by Crippen LogP contribution is -2.20. The average molecular weight is 364 g/mol. The van der Waals surface area contributed by atoms with E-state index < -0.39 is 0 Å². The van der Waals surface area contributed by atoms with Crippen LogP contribution in [0.3, 0.4) is 0 Å². The molecule has 0 saturated heterocycles. The number of allylic oxidation sites excluding steroid dienone is 1. The Bertz CT molecular complexity index is 1140. The monoisotopic (exact) mass is 363 g/mol. The molecule has 1 atom stereocenters. The van der Waals surface area contributed by atoms with Gasteiger partial charge in [-0.3, -0.25) is 0 Å². The summed E-state index contributed by atoms with van der Waals surface area (Å²) in [5.41, 5.74) is 3.82. The zero-order valence-corrected chi connectivity index (χ0v) is 14.6. The van der Waals surface area contributed by atoms with E-state index in [1.165, 1.54) is 0 Å². The highest BCUT2D eigenvalue weighted by molar-refractivity contribution is 6.30. The van der Waals surface area contributed by atoms with Crippen LogP contribution in [-0.2, 0) is 0 Å². The Hall–Kier alpha value is -3.12. The van der Waals surface area contributed by atoms with E-state index in [0.717, 1.165) is 33.6 Å². The SMILES string of the molecule is Cc1c(C2=C[C@@H](c3ccc(Cl)cc3)n3nnnc3N2)oc2ccccc12. The molecule has 128 valence electrons. The number of halogens is 1. The Morgan fingerprint density at radius 2 is 1.92 bits per heavy atom. The predicted octanol–water partition coefficient (Wildman–Crippen LogP) is 4.44. The number of para-hydroxylation sites is 1. The molecule has 4 aromatic rings. The summed E-state index contributed by atoms with van der Waals surface area (Å²) in [4.78, 5) is 0. The fourth-order valence-corrected chi connectivity index (χ4v) is 3.44. The lowest BCUT2D eigenvalue weighted by molar-refractivity contribution is 0.572. The maximum absolute atomic E-state index is 6.10. The first-order valence-corrected chi connectivity index (χ1v) is 8.59. The topological polar surface area (TPSA) is 68.8 Å². The molecule has 0 radical (unpaired) electrons. The normalized spacial score (nSPS) is 16.2. The summed E-state index contributed by atoms with van der Waals surface area (Å²) in [7, 11) is 0. The summed E-state index contributed by atoms with van der Waals surface area (Å²) >= 11 is 6.03. The number of fused-ring (bicyclic) bond motifs is 2. The number of rotatable bonds is 2. The molecule has 0 spiro atoms. The number of anilines is 1. The van der Waals surface area contributed by atoms with Gasteiger partial charge in [-0.25, -0.2) is 0 Å². The summed E-state index contributed by atoms with van der Waals surface area (Å²) in [6.07, 6.45) is 2.07. The maximum atomic E-state index is 6.10. The molecule has 26 heavy (non-hydrogen) atoms. The Morgan fingerprint density at radius 1 is 1.12 bits per heavy atom. The van der Waals surface area contributed by atoms with Crippen molar-refractivity contribution in [3.8, 4) is 0 Å². The first-order chi connectivity index (χ1) is 12.7. The first kappa shape index (κ1) is 15.2. The van der Waals surface area contributed by atoms with Crippen molar-refractivity contribution in [2.75, 3.05) is 5.32 Å². The molecular weight excluding hydrogens is 350 g/mol. The summed E-state index contributed by atoms with van der Waals surface area (Å²) in [5, 5.41) is 17.1. The first-order valence-electron chi connectivity index (χ1n) is 8.21. The van der Waals surface area contributed by atoms with E-state index in [9.17, 15) is 0 Å². The van der Waals surface area contributed by atoms with Gasteiger partial charge in [-0.05, 0) is 47.2 Å². The number of aromatic nitrogens is 4. The number of nitrogens with zero attached hydrogens (tertiary/aromatic N) is 4. The number of tetrazole rings is 1. The quantitative estimate of drug-likeness (QED) is 0.570. The van der Waals surface area contributed by atoms with Gasteiger partial charge in [0, 0.05) is 16.0 Å². The van der Waals surface area contributed by atoms with Gasteiger partial charge >= 0.3 is 0 Å². The van der Waals surface area contributed by atoms with E-state index in [4.69, 9.17) is 16.0 Å². The van der Waals surface area contributed by atoms with Crippen molar-refractivity contribution >= 4 is 34.2 Å². The van der Waals surface area contributed by atoms with Crippen molar-refractivity contribution < 1.29 is 4.42 Å². The molecule has 2 aromatic heterocycles. The molecule has 3 heterocycles. The van der Waals surface area contributed by atoms with E-state index in [1.54, 1.807) is 4.68 Å². The lowest BCUT2D eigenvalue weighted by atomic mass is 10.0. The van der Waals surface area contributed by atoms with Gasteiger partial charge < -0.3 is 9.73 Å². The van der Waals surface area contributed by atoms with Crippen LogP contribution in [0.15, 0.2) is 59.0 Å². The molecule has 1 aliphatic heterocycles. The van der Waals surface area contributed by atoms with Crippen LogP contribution >= 0.6 is 11.6 Å². The van der Waals surface area contributed by atoms with Crippen molar-refractivity contribution in [2.24, 2.45) is 0 Å². The number of benzene rings is 2. The van der Waals surface area contributed by atoms with Crippen LogP contribution in [0.25, 0.3) is 16.7 Å². The smallest absolute Gasteiger partial charge is 0.248 e. The van der Waals surface area contributed by atoms with Crippen LogP contribution in [0.2, 0.25) is 5.02 Å². The summed E-state index contributed by atoms with van der Waals surface area (Å²) < 4.78 is 7.84. The molecule has 0 bridgehead atoms. The highest BCUT2D eigenvalue weighted by atomic mass is 35.5. The third-order valence-corrected chi connectivity index (χ3v) is 4.88. The molecule has 2 aromatic carbocycles. The Morgan fingerprint density at radius 3 is 2.73 bits per heavy atom. The van der Waals surface area contributed by atoms with Crippen molar-refractivity contribution in [1.29, 1.82) is 0 Å². The Kier molecular flexibility index (Phi) is 3.33. The fraction of sp³-hybridized carbons (Fsp3) is 0.105. The van der Waals surface area contributed by atoms with Crippen molar-refractivity contribution in [1.82, 2.24) is 20.2 Å². The fourth-order valence-electron chi connectivity index (χ4n) is 3.31. The van der Waals surface area contributed by atoms with Gasteiger partial charge in [-0.2, -0.15) is 4.68 Å². The van der Waals surface area contributed by atoms with Gasteiger partial charge in [0.25, 0.3) is 0 Å². The number of nitrogens with one attached hydrogen (secondary N) is 1. The lowest BCUT2D eigenvalue weighted by Gasteiger charge is -2.22. The molecule has 1 N–H and O–H groups in total. The molecule has 0 fully saturated rings. The summed E-state index contributed by atoms with van der Waals surface area (Å²) in [6.45, 7) is 2.05. The van der Waals surface area contributed by atoms with Crippen LogP contribution in [0.4, 0.5) is 5.95 Å². The van der Waals surface area contributed by atoms with Crippen molar-refractivity contribution in [3.63, 3.8) is 0 Å². The largest absolute Gasteiger partial charge is 0.454 e. The molecule has 0 saturated carbocycles. The zero-order chi connectivity index (χ0) is 17.7. The number of hydrogen-bond donors (Lipinski definition) is 1. The second-order valence-corrected chi connectivity index (χ2v) is 6.64. The van der Waals surface area contributed by atoms with Crippen LogP contribution in [0.1, 0.15) is 22.9 Å². The van der Waals surface area contributed by atoms with E-state index in [-0.39, 0.29) is 6.04 Å². The number of furan rings is 1. The average Bonchev–Trinajstić information content (AvgIpc) is 3.26. The van der Waals surface area contributed by atoms with E-state index in [0.29, 0.717) is 11.0 Å². The van der Waals surface area contributed by atoms with E-state index >= 15 is 0 Å². The summed E-state index contributed by atoms with van der Waals surface area (Å²) in [6, 6.07) is 15.5. The highest BCUT2D eigenvalue weighted by Gasteiger charge is 2.27. The van der Waals surface area contributed by atoms with Gasteiger partial charge in [0.05, 0.1) is 5.70 Å². The summed E-state index contributed by atoms with van der Waals surface area (Å²) in [5.74, 6) is 1.36. The van der Waals surface area contributed by atoms with Crippen LogP contribution in [-0.4, -0.2) is 20.2 Å². The molecular formula is C19H14ClN5O. The standard InChI is InChI=1S/C19H14ClN5O/c1-11-14-4-2-3-5-17(14)26-18(11)15-10-16(12-6-8-13(20)9-7-12)25-19(21-15)22-23-24-25/h2-10,16H,1H3,(H,21,22,24)/t16-/m0/s1. The molecule has 5 rings (SSSR count). The highest BCUT2D eigenvalue weighted by Crippen LogP contribution is 2.36. The van der Waals surface area contributed by atoms with Gasteiger partial charge in [0.1, 0.15) is 11.6 Å². The van der Waals surface area contributed by atoms with Crippen LogP contribution < -0.4 is 5.32 Å².